The standard InChI is InChI=1S/C23H18ClN3O6/c24-16-3-1-15(2-4-16)14-32-19-8-5-17(6-9-19)25-22(28)12-26-13-23(29)33-21-11-18(27(30)31)7-10-20(21)26/h1-11H,12-14H2,(H,25,28). The van der Waals surface area contributed by atoms with Gasteiger partial charge in [0.25, 0.3) is 5.69 Å². The first-order chi connectivity index (χ1) is 15.9. The van der Waals surface area contributed by atoms with E-state index in [2.05, 4.69) is 5.32 Å². The van der Waals surface area contributed by atoms with Crippen molar-refractivity contribution < 1.29 is 24.0 Å². The molecule has 0 bridgehead atoms. The third kappa shape index (κ3) is 5.58. The van der Waals surface area contributed by atoms with Crippen LogP contribution >= 0.6 is 11.6 Å². The maximum absolute atomic E-state index is 12.5. The van der Waals surface area contributed by atoms with E-state index < -0.39 is 10.9 Å². The molecule has 0 aliphatic carbocycles. The maximum atomic E-state index is 12.5. The van der Waals surface area contributed by atoms with Crippen LogP contribution in [0.2, 0.25) is 5.02 Å². The van der Waals surface area contributed by atoms with Crippen LogP contribution in [0.3, 0.4) is 0 Å². The SMILES string of the molecule is O=C(CN1CC(=O)Oc2cc([N+](=O)[O-])ccc21)Nc1ccc(OCc2ccc(Cl)cc2)cc1. The predicted molar refractivity (Wildman–Crippen MR) is 122 cm³/mol. The lowest BCUT2D eigenvalue weighted by Gasteiger charge is -2.28. The molecule has 0 atom stereocenters. The van der Waals surface area contributed by atoms with Gasteiger partial charge in [-0.1, -0.05) is 23.7 Å². The topological polar surface area (TPSA) is 111 Å². The zero-order valence-electron chi connectivity index (χ0n) is 17.2. The van der Waals surface area contributed by atoms with Crippen molar-refractivity contribution in [2.45, 2.75) is 6.61 Å². The number of non-ortho nitro benzene ring substituents is 1. The smallest absolute Gasteiger partial charge is 0.331 e. The Morgan fingerprint density at radius 1 is 1.12 bits per heavy atom. The Morgan fingerprint density at radius 3 is 2.55 bits per heavy atom. The van der Waals surface area contributed by atoms with Gasteiger partial charge >= 0.3 is 5.97 Å². The Hall–Kier alpha value is -4.11. The highest BCUT2D eigenvalue weighted by Gasteiger charge is 2.27. The number of hydrogen-bond acceptors (Lipinski definition) is 7. The van der Waals surface area contributed by atoms with Crippen LogP contribution in [0.5, 0.6) is 11.5 Å². The highest BCUT2D eigenvalue weighted by atomic mass is 35.5. The van der Waals surface area contributed by atoms with Crippen LogP contribution in [-0.4, -0.2) is 29.9 Å². The van der Waals surface area contributed by atoms with Crippen LogP contribution in [0.25, 0.3) is 0 Å². The molecule has 0 radical (unpaired) electrons. The monoisotopic (exact) mass is 467 g/mol. The molecule has 9 nitrogen and oxygen atoms in total. The minimum atomic E-state index is -0.599. The molecule has 1 N–H and O–H groups in total. The van der Waals surface area contributed by atoms with Crippen LogP contribution in [0.1, 0.15) is 5.56 Å². The second-order valence-corrected chi connectivity index (χ2v) is 7.66. The minimum absolute atomic E-state index is 0.0513. The number of amides is 1. The van der Waals surface area contributed by atoms with E-state index >= 15 is 0 Å². The van der Waals surface area contributed by atoms with Crippen molar-refractivity contribution in [1.29, 1.82) is 0 Å². The van der Waals surface area contributed by atoms with Gasteiger partial charge in [-0.3, -0.25) is 14.9 Å². The lowest BCUT2D eigenvalue weighted by molar-refractivity contribution is -0.384. The van der Waals surface area contributed by atoms with E-state index in [4.69, 9.17) is 21.1 Å². The third-order valence-electron chi connectivity index (χ3n) is 4.83. The van der Waals surface area contributed by atoms with Gasteiger partial charge in [-0.25, -0.2) is 4.79 Å². The summed E-state index contributed by atoms with van der Waals surface area (Å²) < 4.78 is 10.8. The highest BCUT2D eigenvalue weighted by Crippen LogP contribution is 2.35. The molecule has 0 saturated carbocycles. The van der Waals surface area contributed by atoms with Crippen LogP contribution < -0.4 is 19.7 Å². The number of carbonyl (C=O) groups is 2. The van der Waals surface area contributed by atoms with Gasteiger partial charge in [0, 0.05) is 16.8 Å². The molecule has 3 aromatic carbocycles. The van der Waals surface area contributed by atoms with Crippen molar-refractivity contribution in [1.82, 2.24) is 0 Å². The lowest BCUT2D eigenvalue weighted by atomic mass is 10.2. The molecule has 168 valence electrons. The molecule has 1 heterocycles. The first-order valence-corrected chi connectivity index (χ1v) is 10.3. The number of esters is 1. The molecule has 0 aromatic heterocycles. The number of nitro groups is 1. The number of anilines is 2. The summed E-state index contributed by atoms with van der Waals surface area (Å²) in [6.07, 6.45) is 0. The fourth-order valence-electron chi connectivity index (χ4n) is 3.25. The number of hydrogen-bond donors (Lipinski definition) is 1. The molecule has 0 spiro atoms. The van der Waals surface area contributed by atoms with E-state index in [0.29, 0.717) is 28.8 Å². The summed E-state index contributed by atoms with van der Waals surface area (Å²) in [5.41, 5.74) is 1.76. The number of rotatable bonds is 7. The zero-order valence-corrected chi connectivity index (χ0v) is 17.9. The average molecular weight is 468 g/mol. The van der Waals surface area contributed by atoms with E-state index in [0.717, 1.165) is 5.56 Å². The first-order valence-electron chi connectivity index (χ1n) is 9.88. The van der Waals surface area contributed by atoms with Gasteiger partial charge in [0.2, 0.25) is 5.91 Å². The molecule has 3 aromatic rings. The molecule has 10 heteroatoms. The van der Waals surface area contributed by atoms with E-state index in [1.54, 1.807) is 36.4 Å². The Labute approximate surface area is 193 Å². The van der Waals surface area contributed by atoms with E-state index in [1.165, 1.54) is 23.1 Å². The molecular formula is C23H18ClN3O6. The van der Waals surface area contributed by atoms with Gasteiger partial charge < -0.3 is 19.7 Å². The van der Waals surface area contributed by atoms with Crippen LogP contribution in [0, 0.1) is 10.1 Å². The fourth-order valence-corrected chi connectivity index (χ4v) is 3.38. The Kier molecular flexibility index (Phi) is 6.41. The summed E-state index contributed by atoms with van der Waals surface area (Å²) in [6.45, 7) is 0.107. The Balaban J connectivity index is 1.35. The summed E-state index contributed by atoms with van der Waals surface area (Å²) in [5, 5.41) is 14.4. The van der Waals surface area contributed by atoms with Gasteiger partial charge in [-0.15, -0.1) is 0 Å². The number of nitro benzene ring substituents is 1. The van der Waals surface area contributed by atoms with Gasteiger partial charge in [0.15, 0.2) is 5.75 Å². The molecule has 1 aliphatic rings. The number of ether oxygens (including phenoxy) is 2. The molecule has 1 aliphatic heterocycles. The van der Waals surface area contributed by atoms with E-state index in [9.17, 15) is 19.7 Å². The lowest BCUT2D eigenvalue weighted by Crippen LogP contribution is -2.41. The Morgan fingerprint density at radius 2 is 1.85 bits per heavy atom. The van der Waals surface area contributed by atoms with Crippen LogP contribution in [0.4, 0.5) is 17.1 Å². The van der Waals surface area contributed by atoms with Gasteiger partial charge in [-0.05, 0) is 48.0 Å². The predicted octanol–water partition coefficient (Wildman–Crippen LogP) is 4.19. The maximum Gasteiger partial charge on any atom is 0.331 e. The number of nitrogens with zero attached hydrogens (tertiary/aromatic N) is 2. The van der Waals surface area contributed by atoms with Crippen molar-refractivity contribution in [3.8, 4) is 11.5 Å². The molecule has 0 saturated heterocycles. The molecule has 4 rings (SSSR count). The highest BCUT2D eigenvalue weighted by molar-refractivity contribution is 6.30. The number of halogens is 1. The second kappa shape index (κ2) is 9.58. The van der Waals surface area contributed by atoms with Gasteiger partial charge in [0.1, 0.15) is 18.9 Å². The molecule has 0 unspecified atom stereocenters. The number of carbonyl (C=O) groups excluding carboxylic acids is 2. The van der Waals surface area contributed by atoms with Crippen molar-refractivity contribution in [2.24, 2.45) is 0 Å². The van der Waals surface area contributed by atoms with E-state index in [1.807, 2.05) is 12.1 Å². The quantitative estimate of drug-likeness (QED) is 0.240. The fraction of sp³-hybridized carbons (Fsp3) is 0.130. The molecular weight excluding hydrogens is 450 g/mol. The molecule has 1 amide bonds. The molecule has 0 fully saturated rings. The number of nitrogens with one attached hydrogen (secondary N) is 1. The van der Waals surface area contributed by atoms with Gasteiger partial charge in [0.05, 0.1) is 23.2 Å². The summed E-state index contributed by atoms with van der Waals surface area (Å²) >= 11 is 5.87. The van der Waals surface area contributed by atoms with Crippen molar-refractivity contribution >= 4 is 40.5 Å². The summed E-state index contributed by atoms with van der Waals surface area (Å²) in [5.74, 6) is -0.269. The number of benzene rings is 3. The third-order valence-corrected chi connectivity index (χ3v) is 5.08. The normalized spacial score (nSPS) is 12.5. The second-order valence-electron chi connectivity index (χ2n) is 7.23. The largest absolute Gasteiger partial charge is 0.489 e. The minimum Gasteiger partial charge on any atom is -0.489 e. The van der Waals surface area contributed by atoms with Crippen molar-refractivity contribution in [3.05, 3.63) is 87.4 Å². The van der Waals surface area contributed by atoms with Gasteiger partial charge in [-0.2, -0.15) is 0 Å². The van der Waals surface area contributed by atoms with E-state index in [-0.39, 0.29) is 30.4 Å². The Bertz CT molecular complexity index is 1200. The molecule has 33 heavy (non-hydrogen) atoms. The number of fused-ring (bicyclic) bond motifs is 1. The first kappa shape index (κ1) is 22.1. The van der Waals surface area contributed by atoms with Crippen LogP contribution in [-0.2, 0) is 16.2 Å². The van der Waals surface area contributed by atoms with Crippen LogP contribution in [0.15, 0.2) is 66.7 Å². The summed E-state index contributed by atoms with van der Waals surface area (Å²) in [4.78, 5) is 36.3. The van der Waals surface area contributed by atoms with Crippen molar-refractivity contribution in [2.75, 3.05) is 23.3 Å². The average Bonchev–Trinajstić information content (AvgIpc) is 2.79. The van der Waals surface area contributed by atoms with Crippen molar-refractivity contribution in [3.63, 3.8) is 0 Å². The summed E-state index contributed by atoms with van der Waals surface area (Å²) in [7, 11) is 0. The zero-order chi connectivity index (χ0) is 23.4. The summed E-state index contributed by atoms with van der Waals surface area (Å²) in [6, 6.07) is 18.1.